The summed E-state index contributed by atoms with van der Waals surface area (Å²) in [5.41, 5.74) is 0.274. The van der Waals surface area contributed by atoms with E-state index in [1.807, 2.05) is 0 Å². The van der Waals surface area contributed by atoms with Gasteiger partial charge in [-0.2, -0.15) is 0 Å². The minimum absolute atomic E-state index is 0.0344. The molecule has 0 aromatic carbocycles. The lowest BCUT2D eigenvalue weighted by Gasteiger charge is -2.24. The van der Waals surface area contributed by atoms with Gasteiger partial charge in [-0.15, -0.1) is 0 Å². The van der Waals surface area contributed by atoms with Crippen molar-refractivity contribution in [3.63, 3.8) is 0 Å². The van der Waals surface area contributed by atoms with Crippen LogP contribution in [0.4, 0.5) is 0 Å². The molecule has 0 aliphatic carbocycles. The van der Waals surface area contributed by atoms with Crippen LogP contribution in [0, 0.1) is 0 Å². The molecule has 8 heteroatoms. The molecule has 1 atom stereocenters. The summed E-state index contributed by atoms with van der Waals surface area (Å²) in [7, 11) is -1.98. The van der Waals surface area contributed by atoms with Crippen LogP contribution in [-0.2, 0) is 10.0 Å². The Hall–Kier alpha value is -1.05. The van der Waals surface area contributed by atoms with E-state index in [4.69, 9.17) is 16.0 Å². The summed E-state index contributed by atoms with van der Waals surface area (Å²) < 4.78 is 30.3. The molecule has 1 fully saturated rings. The third-order valence-corrected chi connectivity index (χ3v) is 4.95. The SMILES string of the molecule is CNS(=O)(=O)CC1CCCN1C(=O)c1ccoc1Cl. The number of nitrogens with one attached hydrogen (secondary N) is 1. The Kier molecular flexibility index (Phi) is 4.17. The van der Waals surface area contributed by atoms with Crippen molar-refractivity contribution < 1.29 is 17.6 Å². The third kappa shape index (κ3) is 3.10. The van der Waals surface area contributed by atoms with Gasteiger partial charge >= 0.3 is 0 Å². The fourth-order valence-electron chi connectivity index (χ4n) is 2.21. The van der Waals surface area contributed by atoms with Crippen LogP contribution in [-0.4, -0.2) is 44.6 Å². The van der Waals surface area contributed by atoms with Crippen LogP contribution in [0.15, 0.2) is 16.7 Å². The van der Waals surface area contributed by atoms with E-state index in [-0.39, 0.29) is 28.5 Å². The highest BCUT2D eigenvalue weighted by atomic mass is 35.5. The topological polar surface area (TPSA) is 79.6 Å². The molecule has 2 rings (SSSR count). The monoisotopic (exact) mass is 306 g/mol. The van der Waals surface area contributed by atoms with Crippen molar-refractivity contribution in [2.24, 2.45) is 0 Å². The second-order valence-electron chi connectivity index (χ2n) is 4.39. The summed E-state index contributed by atoms with van der Waals surface area (Å²) in [4.78, 5) is 13.8. The first-order valence-electron chi connectivity index (χ1n) is 5.90. The van der Waals surface area contributed by atoms with Crippen molar-refractivity contribution in [1.29, 1.82) is 0 Å². The molecule has 1 saturated heterocycles. The minimum Gasteiger partial charge on any atom is -0.452 e. The maximum Gasteiger partial charge on any atom is 0.259 e. The summed E-state index contributed by atoms with van der Waals surface area (Å²) in [6.07, 6.45) is 2.79. The number of carbonyl (C=O) groups is 1. The largest absolute Gasteiger partial charge is 0.452 e. The molecule has 1 amide bonds. The van der Waals surface area contributed by atoms with Gasteiger partial charge in [0.25, 0.3) is 5.91 Å². The van der Waals surface area contributed by atoms with Crippen molar-refractivity contribution >= 4 is 27.5 Å². The number of furan rings is 1. The molecule has 1 N–H and O–H groups in total. The maximum absolute atomic E-state index is 12.3. The van der Waals surface area contributed by atoms with Crippen molar-refractivity contribution in [2.75, 3.05) is 19.3 Å². The Labute approximate surface area is 116 Å². The minimum atomic E-state index is -3.35. The lowest BCUT2D eigenvalue weighted by molar-refractivity contribution is 0.0748. The number of sulfonamides is 1. The average Bonchev–Trinajstić information content (AvgIpc) is 2.97. The molecule has 1 aliphatic rings. The van der Waals surface area contributed by atoms with Gasteiger partial charge in [-0.05, 0) is 37.6 Å². The predicted octanol–water partition coefficient (Wildman–Crippen LogP) is 1.09. The second-order valence-corrected chi connectivity index (χ2v) is 6.70. The zero-order valence-corrected chi connectivity index (χ0v) is 12.0. The molecule has 1 unspecified atom stereocenters. The van der Waals surface area contributed by atoms with E-state index in [1.165, 1.54) is 19.4 Å². The van der Waals surface area contributed by atoms with Crippen molar-refractivity contribution in [3.8, 4) is 0 Å². The van der Waals surface area contributed by atoms with E-state index in [1.54, 1.807) is 4.90 Å². The van der Waals surface area contributed by atoms with Gasteiger partial charge < -0.3 is 9.32 Å². The van der Waals surface area contributed by atoms with Crippen LogP contribution in [0.3, 0.4) is 0 Å². The average molecular weight is 307 g/mol. The predicted molar refractivity (Wildman–Crippen MR) is 70.6 cm³/mol. The van der Waals surface area contributed by atoms with E-state index in [2.05, 4.69) is 4.72 Å². The van der Waals surface area contributed by atoms with Gasteiger partial charge in [0.1, 0.15) is 0 Å². The standard InChI is InChI=1S/C11H15ClN2O4S/c1-13-19(16,17)7-8-3-2-5-14(8)11(15)9-4-6-18-10(9)12/h4,6,8,13H,2-3,5,7H2,1H3. The number of hydrogen-bond acceptors (Lipinski definition) is 4. The molecule has 1 aromatic rings. The van der Waals surface area contributed by atoms with E-state index in [0.29, 0.717) is 13.0 Å². The molecule has 1 aliphatic heterocycles. The summed E-state index contributed by atoms with van der Waals surface area (Å²) in [6, 6.07) is 1.17. The summed E-state index contributed by atoms with van der Waals surface area (Å²) in [5, 5.41) is 0.0344. The Morgan fingerprint density at radius 3 is 2.95 bits per heavy atom. The van der Waals surface area contributed by atoms with Crippen molar-refractivity contribution in [2.45, 2.75) is 18.9 Å². The molecule has 1 aromatic heterocycles. The van der Waals surface area contributed by atoms with E-state index in [9.17, 15) is 13.2 Å². The molecule has 0 bridgehead atoms. The van der Waals surface area contributed by atoms with Crippen LogP contribution in [0.1, 0.15) is 23.2 Å². The maximum atomic E-state index is 12.3. The van der Waals surface area contributed by atoms with Gasteiger partial charge in [-0.3, -0.25) is 4.79 Å². The fourth-order valence-corrected chi connectivity index (χ4v) is 3.43. The molecule has 6 nitrogen and oxygen atoms in total. The normalized spacial score (nSPS) is 19.9. The molecule has 0 spiro atoms. The summed E-state index contributed by atoms with van der Waals surface area (Å²) in [5.74, 6) is -0.377. The number of hydrogen-bond donors (Lipinski definition) is 1. The highest BCUT2D eigenvalue weighted by molar-refractivity contribution is 7.89. The zero-order chi connectivity index (χ0) is 14.0. The van der Waals surface area contributed by atoms with Crippen LogP contribution < -0.4 is 4.72 Å². The Morgan fingerprint density at radius 1 is 1.63 bits per heavy atom. The smallest absolute Gasteiger partial charge is 0.259 e. The first-order chi connectivity index (χ1) is 8.94. The van der Waals surface area contributed by atoms with Gasteiger partial charge in [0, 0.05) is 12.6 Å². The number of likely N-dealkylation sites (tertiary alicyclic amines) is 1. The molecular weight excluding hydrogens is 292 g/mol. The number of rotatable bonds is 4. The number of carbonyl (C=O) groups excluding carboxylic acids is 1. The molecular formula is C11H15ClN2O4S. The van der Waals surface area contributed by atoms with Crippen LogP contribution in [0.2, 0.25) is 5.22 Å². The lowest BCUT2D eigenvalue weighted by Crippen LogP contribution is -2.41. The molecule has 0 saturated carbocycles. The van der Waals surface area contributed by atoms with Crippen LogP contribution in [0.5, 0.6) is 0 Å². The molecule has 19 heavy (non-hydrogen) atoms. The van der Waals surface area contributed by atoms with Crippen molar-refractivity contribution in [1.82, 2.24) is 9.62 Å². The number of nitrogens with zero attached hydrogens (tertiary/aromatic N) is 1. The van der Waals surface area contributed by atoms with Crippen LogP contribution >= 0.6 is 11.6 Å². The van der Waals surface area contributed by atoms with Gasteiger partial charge in [-0.1, -0.05) is 0 Å². The second kappa shape index (κ2) is 5.52. The quantitative estimate of drug-likeness (QED) is 0.903. The number of amides is 1. The first-order valence-corrected chi connectivity index (χ1v) is 7.93. The number of halogens is 1. The van der Waals surface area contributed by atoms with E-state index >= 15 is 0 Å². The summed E-state index contributed by atoms with van der Waals surface area (Å²) >= 11 is 5.78. The third-order valence-electron chi connectivity index (χ3n) is 3.21. The highest BCUT2D eigenvalue weighted by Crippen LogP contribution is 2.25. The van der Waals surface area contributed by atoms with Gasteiger partial charge in [0.05, 0.1) is 17.6 Å². The highest BCUT2D eigenvalue weighted by Gasteiger charge is 2.33. The van der Waals surface area contributed by atoms with Gasteiger partial charge in [0.15, 0.2) is 0 Å². The zero-order valence-electron chi connectivity index (χ0n) is 10.4. The van der Waals surface area contributed by atoms with Crippen molar-refractivity contribution in [3.05, 3.63) is 23.1 Å². The molecule has 0 radical (unpaired) electrons. The summed E-state index contributed by atoms with van der Waals surface area (Å²) in [6.45, 7) is 0.532. The molecule has 2 heterocycles. The Balaban J connectivity index is 2.15. The molecule has 106 valence electrons. The fraction of sp³-hybridized carbons (Fsp3) is 0.545. The first kappa shape index (κ1) is 14.4. The van der Waals surface area contributed by atoms with E-state index in [0.717, 1.165) is 6.42 Å². The van der Waals surface area contributed by atoms with Gasteiger partial charge in [-0.25, -0.2) is 13.1 Å². The van der Waals surface area contributed by atoms with Crippen LogP contribution in [0.25, 0.3) is 0 Å². The van der Waals surface area contributed by atoms with E-state index < -0.39 is 10.0 Å². The Bertz CT molecular complexity index is 569. The van der Waals surface area contributed by atoms with Gasteiger partial charge in [0.2, 0.25) is 15.2 Å². The Morgan fingerprint density at radius 2 is 2.37 bits per heavy atom. The lowest BCUT2D eigenvalue weighted by atomic mass is 10.2.